The number of rotatable bonds is 0. The Balaban J connectivity index is 1.86. The van der Waals surface area contributed by atoms with Gasteiger partial charge in [-0.15, -0.1) is 0 Å². The number of phenols is 1. The number of ketones is 1. The number of likely N-dealkylation sites (N-methyl/N-ethyl adjacent to an activating group) is 1. The van der Waals surface area contributed by atoms with Crippen molar-refractivity contribution in [3.63, 3.8) is 0 Å². The molecule has 0 radical (unpaired) electrons. The molecule has 1 saturated carbocycles. The Bertz CT molecular complexity index is 718. The average molecular weight is 364 g/mol. The van der Waals surface area contributed by atoms with Crippen LogP contribution >= 0.6 is 15.9 Å². The first-order valence-electron chi connectivity index (χ1n) is 7.98. The van der Waals surface area contributed by atoms with Crippen LogP contribution in [0.5, 0.6) is 11.5 Å². The third kappa shape index (κ3) is 1.32. The Morgan fingerprint density at radius 2 is 2.32 bits per heavy atom. The van der Waals surface area contributed by atoms with E-state index in [1.54, 1.807) is 6.07 Å². The van der Waals surface area contributed by atoms with Crippen LogP contribution in [-0.4, -0.2) is 41.5 Å². The molecule has 0 amide bonds. The normalized spacial score (nSPS) is 38.6. The van der Waals surface area contributed by atoms with E-state index in [1.807, 2.05) is 0 Å². The summed E-state index contributed by atoms with van der Waals surface area (Å²) >= 11 is 3.62. The lowest BCUT2D eigenvalue weighted by Gasteiger charge is -2.57. The van der Waals surface area contributed by atoms with Gasteiger partial charge in [-0.3, -0.25) is 4.79 Å². The van der Waals surface area contributed by atoms with Crippen molar-refractivity contribution in [3.8, 4) is 11.5 Å². The summed E-state index contributed by atoms with van der Waals surface area (Å²) in [7, 11) is 2.19. The Hall–Kier alpha value is -1.07. The van der Waals surface area contributed by atoms with E-state index in [-0.39, 0.29) is 16.9 Å². The molecule has 5 heteroatoms. The van der Waals surface area contributed by atoms with Gasteiger partial charge in [0, 0.05) is 27.9 Å². The molecule has 1 aromatic rings. The van der Waals surface area contributed by atoms with Gasteiger partial charge < -0.3 is 14.7 Å². The molecule has 0 unspecified atom stereocenters. The number of phenolic OH excluding ortho intramolecular Hbond substituents is 1. The molecule has 4 nitrogen and oxygen atoms in total. The van der Waals surface area contributed by atoms with E-state index in [0.29, 0.717) is 24.1 Å². The summed E-state index contributed by atoms with van der Waals surface area (Å²) in [6.45, 7) is 0.987. The van der Waals surface area contributed by atoms with Crippen LogP contribution in [0.15, 0.2) is 10.5 Å². The predicted molar refractivity (Wildman–Crippen MR) is 84.4 cm³/mol. The van der Waals surface area contributed by atoms with Crippen molar-refractivity contribution in [1.82, 2.24) is 4.90 Å². The smallest absolute Gasteiger partial charge is 0.174 e. The van der Waals surface area contributed by atoms with E-state index in [0.717, 1.165) is 35.8 Å². The van der Waals surface area contributed by atoms with Gasteiger partial charge in [0.1, 0.15) is 0 Å². The monoisotopic (exact) mass is 363 g/mol. The lowest BCUT2D eigenvalue weighted by atomic mass is 9.52. The number of ether oxygens (including phenoxy) is 1. The molecule has 2 heterocycles. The first kappa shape index (κ1) is 13.4. The van der Waals surface area contributed by atoms with Crippen LogP contribution < -0.4 is 4.74 Å². The van der Waals surface area contributed by atoms with Gasteiger partial charge in [-0.25, -0.2) is 0 Å². The topological polar surface area (TPSA) is 49.8 Å². The number of nitrogens with zero attached hydrogens (tertiary/aromatic N) is 1. The second kappa shape index (κ2) is 4.06. The minimum absolute atomic E-state index is 0.165. The second-order valence-corrected chi connectivity index (χ2v) is 8.07. The van der Waals surface area contributed by atoms with Gasteiger partial charge in [0.25, 0.3) is 0 Å². The summed E-state index contributed by atoms with van der Waals surface area (Å²) in [6, 6.07) is 2.19. The zero-order valence-electron chi connectivity index (χ0n) is 12.4. The molecular weight excluding hydrogens is 346 g/mol. The zero-order chi connectivity index (χ0) is 15.2. The van der Waals surface area contributed by atoms with Crippen LogP contribution in [0, 0.1) is 5.92 Å². The molecule has 0 aromatic heterocycles. The third-order valence-electron chi connectivity index (χ3n) is 6.46. The van der Waals surface area contributed by atoms with E-state index in [1.165, 1.54) is 5.56 Å². The number of benzene rings is 1. The Labute approximate surface area is 137 Å². The Kier molecular flexibility index (Phi) is 2.47. The van der Waals surface area contributed by atoms with Gasteiger partial charge in [-0.1, -0.05) is 15.9 Å². The highest BCUT2D eigenvalue weighted by Crippen LogP contribution is 2.63. The number of piperidine rings is 1. The summed E-state index contributed by atoms with van der Waals surface area (Å²) in [5.74, 6) is 1.40. The van der Waals surface area contributed by atoms with Gasteiger partial charge in [0.2, 0.25) is 0 Å². The maximum absolute atomic E-state index is 12.6. The van der Waals surface area contributed by atoms with E-state index < -0.39 is 6.10 Å². The lowest BCUT2D eigenvalue weighted by molar-refractivity contribution is -0.138. The van der Waals surface area contributed by atoms with Crippen LogP contribution in [0.1, 0.15) is 30.4 Å². The van der Waals surface area contributed by atoms with Gasteiger partial charge in [0.05, 0.1) is 0 Å². The first-order chi connectivity index (χ1) is 10.5. The molecule has 2 aliphatic carbocycles. The van der Waals surface area contributed by atoms with E-state index in [4.69, 9.17) is 4.74 Å². The molecule has 2 aliphatic heterocycles. The highest BCUT2D eigenvalue weighted by molar-refractivity contribution is 9.10. The fourth-order valence-corrected chi connectivity index (χ4v) is 6.14. The van der Waals surface area contributed by atoms with Crippen molar-refractivity contribution < 1.29 is 14.6 Å². The van der Waals surface area contributed by atoms with E-state index in [2.05, 4.69) is 27.9 Å². The summed E-state index contributed by atoms with van der Waals surface area (Å²) in [6.07, 6.45) is 3.07. The quantitative estimate of drug-likeness (QED) is 0.768. The summed E-state index contributed by atoms with van der Waals surface area (Å²) in [5.41, 5.74) is 2.15. The van der Waals surface area contributed by atoms with Crippen LogP contribution in [-0.2, 0) is 16.6 Å². The molecule has 2 bridgehead atoms. The Morgan fingerprint density at radius 1 is 1.50 bits per heavy atom. The van der Waals surface area contributed by atoms with Crippen molar-refractivity contribution >= 4 is 21.7 Å². The standard InChI is InChI=1S/C17H18BrNO3/c1-19-5-4-17-9-2-3-12(20)16(17)22-15-13(21)7-10(18)8(14(15)17)6-11(9)19/h7,9,11,16,21H,2-6H2,1H3/t9-,11+,16-,17-/m0/s1. The van der Waals surface area contributed by atoms with Crippen molar-refractivity contribution in [2.45, 2.75) is 43.2 Å². The highest BCUT2D eigenvalue weighted by Gasteiger charge is 2.65. The van der Waals surface area contributed by atoms with Crippen molar-refractivity contribution in [3.05, 3.63) is 21.7 Å². The molecule has 22 heavy (non-hydrogen) atoms. The molecule has 1 saturated heterocycles. The first-order valence-corrected chi connectivity index (χ1v) is 8.78. The molecule has 116 valence electrons. The van der Waals surface area contributed by atoms with Gasteiger partial charge in [-0.2, -0.15) is 0 Å². The summed E-state index contributed by atoms with van der Waals surface area (Å²) in [4.78, 5) is 15.0. The van der Waals surface area contributed by atoms with E-state index in [9.17, 15) is 9.90 Å². The fourth-order valence-electron chi connectivity index (χ4n) is 5.56. The summed E-state index contributed by atoms with van der Waals surface area (Å²) in [5, 5.41) is 10.3. The summed E-state index contributed by atoms with van der Waals surface area (Å²) < 4.78 is 7.02. The predicted octanol–water partition coefficient (Wildman–Crippen LogP) is 2.39. The Morgan fingerprint density at radius 3 is 3.14 bits per heavy atom. The number of Topliss-reactive ketones (excluding diaryl/α,β-unsaturated/α-hetero) is 1. The molecule has 4 aliphatic rings. The van der Waals surface area contributed by atoms with Gasteiger partial charge in [0.15, 0.2) is 23.4 Å². The fraction of sp³-hybridized carbons (Fsp3) is 0.588. The number of likely N-dealkylation sites (tertiary alicyclic amines) is 1. The number of halogens is 1. The second-order valence-electron chi connectivity index (χ2n) is 7.21. The van der Waals surface area contributed by atoms with Gasteiger partial charge >= 0.3 is 0 Å². The number of hydrogen-bond acceptors (Lipinski definition) is 4. The number of aromatic hydroxyl groups is 1. The molecule has 4 atom stereocenters. The maximum Gasteiger partial charge on any atom is 0.174 e. The SMILES string of the molecule is CN1CC[C@]23c4c5c(Br)cc(O)c4O[C@H]2C(=O)CC[C@H]3[C@H]1C5. The van der Waals surface area contributed by atoms with Crippen LogP contribution in [0.25, 0.3) is 0 Å². The zero-order valence-corrected chi connectivity index (χ0v) is 14.0. The molecule has 2 fully saturated rings. The minimum atomic E-state index is -0.392. The molecule has 1 N–H and O–H groups in total. The van der Waals surface area contributed by atoms with Crippen LogP contribution in [0.4, 0.5) is 0 Å². The third-order valence-corrected chi connectivity index (χ3v) is 7.17. The lowest BCUT2D eigenvalue weighted by Crippen LogP contribution is -2.65. The number of hydrogen-bond donors (Lipinski definition) is 1. The van der Waals surface area contributed by atoms with Crippen molar-refractivity contribution in [2.24, 2.45) is 5.92 Å². The van der Waals surface area contributed by atoms with Crippen LogP contribution in [0.2, 0.25) is 0 Å². The highest BCUT2D eigenvalue weighted by atomic mass is 79.9. The molecule has 1 aromatic carbocycles. The van der Waals surface area contributed by atoms with E-state index >= 15 is 0 Å². The van der Waals surface area contributed by atoms with Gasteiger partial charge in [-0.05, 0) is 50.4 Å². The molecule has 5 rings (SSSR count). The minimum Gasteiger partial charge on any atom is -0.504 e. The maximum atomic E-state index is 12.6. The largest absolute Gasteiger partial charge is 0.504 e. The average Bonchev–Trinajstić information content (AvgIpc) is 2.83. The molecular formula is C17H18BrNO3. The molecule has 1 spiro atoms. The van der Waals surface area contributed by atoms with Crippen LogP contribution in [0.3, 0.4) is 0 Å². The van der Waals surface area contributed by atoms with Crippen molar-refractivity contribution in [2.75, 3.05) is 13.6 Å². The number of carbonyl (C=O) groups is 1. The van der Waals surface area contributed by atoms with Crippen molar-refractivity contribution in [1.29, 1.82) is 0 Å². The number of carbonyl (C=O) groups excluding carboxylic acids is 1.